The van der Waals surface area contributed by atoms with Gasteiger partial charge in [-0.1, -0.05) is 23.7 Å². The minimum Gasteiger partial charge on any atom is -0.480 e. The van der Waals surface area contributed by atoms with Gasteiger partial charge in [0.05, 0.1) is 0 Å². The Balaban J connectivity index is 1.81. The molecule has 1 fully saturated rings. The third-order valence-corrected chi connectivity index (χ3v) is 4.79. The Morgan fingerprint density at radius 3 is 2.22 bits per heavy atom. The zero-order valence-corrected chi connectivity index (χ0v) is 16.9. The van der Waals surface area contributed by atoms with Crippen LogP contribution in [0, 0.1) is 0 Å². The summed E-state index contributed by atoms with van der Waals surface area (Å²) in [5.41, 5.74) is 0.415. The summed E-state index contributed by atoms with van der Waals surface area (Å²) in [7, 11) is 0. The fourth-order valence-corrected chi connectivity index (χ4v) is 3.36. The molecule has 1 aliphatic rings. The number of aliphatic carboxylic acids is 1. The maximum Gasteiger partial charge on any atom is 0.407 e. The van der Waals surface area contributed by atoms with E-state index in [-0.39, 0.29) is 12.1 Å². The summed E-state index contributed by atoms with van der Waals surface area (Å²) in [6, 6.07) is 6.77. The molecule has 0 spiro atoms. The van der Waals surface area contributed by atoms with Crippen LogP contribution in [0.25, 0.3) is 0 Å². The quantitative estimate of drug-likeness (QED) is 0.681. The van der Waals surface area contributed by atoms with Gasteiger partial charge < -0.3 is 20.5 Å². The maximum atomic E-state index is 11.9. The van der Waals surface area contributed by atoms with Crippen molar-refractivity contribution >= 4 is 23.7 Å². The molecule has 0 aliphatic heterocycles. The van der Waals surface area contributed by atoms with E-state index in [9.17, 15) is 14.7 Å². The van der Waals surface area contributed by atoms with Crippen molar-refractivity contribution < 1.29 is 19.4 Å². The molecule has 0 bridgehead atoms. The minimum atomic E-state index is -0.862. The molecular formula is C20H29ClN2O4. The number of alkyl carbamates (subject to hydrolysis) is 1. The summed E-state index contributed by atoms with van der Waals surface area (Å²) in [5.74, 6) is -0.862. The van der Waals surface area contributed by atoms with Gasteiger partial charge in [0.2, 0.25) is 0 Å². The van der Waals surface area contributed by atoms with Gasteiger partial charge in [0.1, 0.15) is 11.6 Å². The highest BCUT2D eigenvalue weighted by atomic mass is 35.5. The zero-order chi connectivity index (χ0) is 20.0. The lowest BCUT2D eigenvalue weighted by Crippen LogP contribution is -2.48. The molecular weight excluding hydrogens is 368 g/mol. The number of rotatable bonds is 6. The van der Waals surface area contributed by atoms with E-state index in [4.69, 9.17) is 16.3 Å². The summed E-state index contributed by atoms with van der Waals surface area (Å²) < 4.78 is 5.29. The van der Waals surface area contributed by atoms with Gasteiger partial charge >= 0.3 is 12.1 Å². The number of ether oxygens (including phenoxy) is 1. The highest BCUT2D eigenvalue weighted by Crippen LogP contribution is 2.21. The van der Waals surface area contributed by atoms with Crippen LogP contribution >= 0.6 is 11.6 Å². The number of nitrogens with one attached hydrogen (secondary N) is 2. The molecule has 1 saturated carbocycles. The first-order valence-electron chi connectivity index (χ1n) is 9.35. The Hall–Kier alpha value is -1.79. The number of carbonyl (C=O) groups excluding carboxylic acids is 1. The fourth-order valence-electron chi connectivity index (χ4n) is 3.24. The molecule has 27 heavy (non-hydrogen) atoms. The van der Waals surface area contributed by atoms with E-state index in [0.717, 1.165) is 31.2 Å². The molecule has 1 aromatic carbocycles. The summed E-state index contributed by atoms with van der Waals surface area (Å²) in [6.07, 6.45) is 3.22. The molecule has 3 N–H and O–H groups in total. The Kier molecular flexibility index (Phi) is 7.50. The number of halogens is 1. The van der Waals surface area contributed by atoms with Gasteiger partial charge in [-0.15, -0.1) is 0 Å². The molecule has 6 nitrogen and oxygen atoms in total. The molecule has 1 atom stereocenters. The first-order chi connectivity index (χ1) is 12.6. The van der Waals surface area contributed by atoms with Crippen molar-refractivity contribution in [3.8, 4) is 0 Å². The average molecular weight is 397 g/mol. The smallest absolute Gasteiger partial charge is 0.407 e. The summed E-state index contributed by atoms with van der Waals surface area (Å²) in [6.45, 7) is 5.50. The van der Waals surface area contributed by atoms with Crippen molar-refractivity contribution in [2.75, 3.05) is 0 Å². The highest BCUT2D eigenvalue weighted by Gasteiger charge is 2.28. The molecule has 0 radical (unpaired) electrons. The predicted octanol–water partition coefficient (Wildman–Crippen LogP) is 3.76. The first kappa shape index (κ1) is 21.5. The lowest BCUT2D eigenvalue weighted by molar-refractivity contribution is -0.139. The van der Waals surface area contributed by atoms with E-state index in [0.29, 0.717) is 11.4 Å². The van der Waals surface area contributed by atoms with Crippen LogP contribution in [0.4, 0.5) is 4.79 Å². The van der Waals surface area contributed by atoms with Gasteiger partial charge in [-0.05, 0) is 70.6 Å². The fraction of sp³-hybridized carbons (Fsp3) is 0.600. The highest BCUT2D eigenvalue weighted by molar-refractivity contribution is 6.30. The number of hydrogen-bond acceptors (Lipinski definition) is 4. The molecule has 0 saturated heterocycles. The molecule has 150 valence electrons. The minimum absolute atomic E-state index is 0.0671. The van der Waals surface area contributed by atoms with Crippen LogP contribution < -0.4 is 10.6 Å². The maximum absolute atomic E-state index is 11.9. The second kappa shape index (κ2) is 9.42. The number of hydrogen-bond donors (Lipinski definition) is 3. The summed E-state index contributed by atoms with van der Waals surface area (Å²) >= 11 is 5.88. The van der Waals surface area contributed by atoms with Crippen molar-refractivity contribution in [1.29, 1.82) is 0 Å². The number of benzene rings is 1. The normalized spacial score (nSPS) is 21.3. The van der Waals surface area contributed by atoms with Crippen LogP contribution in [0.15, 0.2) is 24.3 Å². The van der Waals surface area contributed by atoms with E-state index >= 15 is 0 Å². The van der Waals surface area contributed by atoms with Crippen LogP contribution in [0.5, 0.6) is 0 Å². The molecule has 1 amide bonds. The first-order valence-corrected chi connectivity index (χ1v) is 9.73. The van der Waals surface area contributed by atoms with E-state index in [1.165, 1.54) is 0 Å². The largest absolute Gasteiger partial charge is 0.480 e. The van der Waals surface area contributed by atoms with Crippen molar-refractivity contribution in [3.63, 3.8) is 0 Å². The number of carboxylic acids is 1. The molecule has 1 aliphatic carbocycles. The molecule has 0 aromatic heterocycles. The number of carbonyl (C=O) groups is 2. The molecule has 7 heteroatoms. The lowest BCUT2D eigenvalue weighted by Gasteiger charge is -2.32. The van der Waals surface area contributed by atoms with E-state index in [2.05, 4.69) is 10.6 Å². The molecule has 1 aromatic rings. The van der Waals surface area contributed by atoms with Gasteiger partial charge in [-0.3, -0.25) is 4.79 Å². The number of carboxylic acid groups (broad SMARTS) is 1. The molecule has 2 rings (SSSR count). The lowest BCUT2D eigenvalue weighted by atomic mass is 9.90. The third kappa shape index (κ3) is 7.77. The monoisotopic (exact) mass is 396 g/mol. The van der Waals surface area contributed by atoms with Gasteiger partial charge in [0, 0.05) is 17.1 Å². The van der Waals surface area contributed by atoms with Gasteiger partial charge in [0.25, 0.3) is 0 Å². The van der Waals surface area contributed by atoms with Crippen molar-refractivity contribution in [2.45, 2.75) is 76.6 Å². The third-order valence-electron chi connectivity index (χ3n) is 4.54. The molecule has 0 unspecified atom stereocenters. The average Bonchev–Trinajstić information content (AvgIpc) is 2.56. The van der Waals surface area contributed by atoms with Crippen LogP contribution in [0.2, 0.25) is 5.02 Å². The van der Waals surface area contributed by atoms with Crippen LogP contribution in [-0.4, -0.2) is 40.9 Å². The van der Waals surface area contributed by atoms with Crippen molar-refractivity contribution in [3.05, 3.63) is 34.9 Å². The Morgan fingerprint density at radius 2 is 1.70 bits per heavy atom. The Labute approximate surface area is 165 Å². The SMILES string of the molecule is CC(C)(C)OC(=O)N[C@H]1CC[C@@H](N[C@H](Cc2ccc(Cl)cc2)C(=O)O)CC1. The van der Waals surface area contributed by atoms with Crippen molar-refractivity contribution in [2.24, 2.45) is 0 Å². The number of amides is 1. The molecule has 0 heterocycles. The second-order valence-corrected chi connectivity index (χ2v) is 8.52. The van der Waals surface area contributed by atoms with Gasteiger partial charge in [0.15, 0.2) is 0 Å². The van der Waals surface area contributed by atoms with Gasteiger partial charge in [-0.2, -0.15) is 0 Å². The van der Waals surface area contributed by atoms with Gasteiger partial charge in [-0.25, -0.2) is 4.79 Å². The standard InChI is InChI=1S/C20H29ClN2O4/c1-20(2,3)27-19(26)23-16-10-8-15(9-11-16)22-17(18(24)25)12-13-4-6-14(21)7-5-13/h4-7,15-17,22H,8-12H2,1-3H3,(H,23,26)(H,24,25)/t15-,16+,17-/m1/s1. The van der Waals surface area contributed by atoms with Crippen LogP contribution in [0.1, 0.15) is 52.0 Å². The van der Waals surface area contributed by atoms with E-state index in [1.807, 2.05) is 32.9 Å². The van der Waals surface area contributed by atoms with E-state index in [1.54, 1.807) is 12.1 Å². The van der Waals surface area contributed by atoms with Crippen molar-refractivity contribution in [1.82, 2.24) is 10.6 Å². The van der Waals surface area contributed by atoms with Crippen LogP contribution in [0.3, 0.4) is 0 Å². The predicted molar refractivity (Wildman–Crippen MR) is 105 cm³/mol. The Morgan fingerprint density at radius 1 is 1.15 bits per heavy atom. The zero-order valence-electron chi connectivity index (χ0n) is 16.1. The summed E-state index contributed by atoms with van der Waals surface area (Å²) in [4.78, 5) is 23.5. The second-order valence-electron chi connectivity index (χ2n) is 8.08. The summed E-state index contributed by atoms with van der Waals surface area (Å²) in [5, 5.41) is 16.3. The van der Waals surface area contributed by atoms with Crippen LogP contribution in [-0.2, 0) is 16.0 Å². The van der Waals surface area contributed by atoms with E-state index < -0.39 is 23.7 Å². The Bertz CT molecular complexity index is 634. The topological polar surface area (TPSA) is 87.7 Å².